The van der Waals surface area contributed by atoms with E-state index in [0.717, 1.165) is 54.8 Å². The molecule has 176 valence electrons. The Balaban J connectivity index is 1.30. The summed E-state index contributed by atoms with van der Waals surface area (Å²) in [5.41, 5.74) is 4.07. The molecule has 4 rings (SSSR count). The van der Waals surface area contributed by atoms with Crippen LogP contribution in [-0.4, -0.2) is 54.0 Å². The molecular weight excluding hydrogens is 426 g/mol. The van der Waals surface area contributed by atoms with Gasteiger partial charge in [0.1, 0.15) is 18.0 Å². The molecule has 1 saturated heterocycles. The van der Waals surface area contributed by atoms with E-state index in [2.05, 4.69) is 67.0 Å². The van der Waals surface area contributed by atoms with E-state index in [-0.39, 0.29) is 5.91 Å². The van der Waals surface area contributed by atoms with Crippen molar-refractivity contribution >= 4 is 34.6 Å². The van der Waals surface area contributed by atoms with Crippen molar-refractivity contribution in [3.05, 3.63) is 78.6 Å². The molecule has 3 N–H and O–H groups in total. The van der Waals surface area contributed by atoms with Crippen molar-refractivity contribution in [3.8, 4) is 0 Å². The Kier molecular flexibility index (Phi) is 7.72. The van der Waals surface area contributed by atoms with Crippen molar-refractivity contribution < 1.29 is 4.79 Å². The van der Waals surface area contributed by atoms with Crippen LogP contribution < -0.4 is 20.9 Å². The molecule has 0 aliphatic carbocycles. The summed E-state index contributed by atoms with van der Waals surface area (Å²) >= 11 is 0. The Morgan fingerprint density at radius 2 is 1.62 bits per heavy atom. The van der Waals surface area contributed by atoms with Gasteiger partial charge in [-0.1, -0.05) is 18.2 Å². The van der Waals surface area contributed by atoms with E-state index >= 15 is 0 Å². The first-order chi connectivity index (χ1) is 16.6. The topological polar surface area (TPSA) is 85.4 Å². The summed E-state index contributed by atoms with van der Waals surface area (Å²) in [6, 6.07) is 18.1. The Labute approximate surface area is 200 Å². The minimum Gasteiger partial charge on any atom is -0.369 e. The van der Waals surface area contributed by atoms with Gasteiger partial charge in [-0.05, 0) is 62.0 Å². The summed E-state index contributed by atoms with van der Waals surface area (Å²) in [6.07, 6.45) is 4.75. The molecule has 34 heavy (non-hydrogen) atoms. The molecule has 0 unspecified atom stereocenters. The summed E-state index contributed by atoms with van der Waals surface area (Å²) in [5.74, 6) is 1.33. The lowest BCUT2D eigenvalue weighted by molar-refractivity contribution is -0.111. The van der Waals surface area contributed by atoms with Crippen LogP contribution in [0.15, 0.2) is 73.1 Å². The van der Waals surface area contributed by atoms with Gasteiger partial charge < -0.3 is 25.8 Å². The number of likely N-dealkylation sites (N-methyl/N-ethyl adjacent to an activating group) is 1. The maximum Gasteiger partial charge on any atom is 0.248 e. The molecule has 3 aromatic rings. The Hall–Kier alpha value is -3.91. The lowest BCUT2D eigenvalue weighted by atomic mass is 10.2. The second kappa shape index (κ2) is 11.3. The number of hydrogen-bond acceptors (Lipinski definition) is 7. The molecule has 1 aromatic heterocycles. The quantitative estimate of drug-likeness (QED) is 0.439. The number of nitrogens with zero attached hydrogens (tertiary/aromatic N) is 4. The van der Waals surface area contributed by atoms with Crippen LogP contribution >= 0.6 is 0 Å². The molecule has 0 radical (unpaired) electrons. The molecule has 1 amide bonds. The van der Waals surface area contributed by atoms with Gasteiger partial charge in [-0.15, -0.1) is 0 Å². The Bertz CT molecular complexity index is 1100. The number of carbonyl (C=O) groups is 1. The molecule has 8 heteroatoms. The third-order valence-corrected chi connectivity index (χ3v) is 5.69. The van der Waals surface area contributed by atoms with Crippen molar-refractivity contribution in [1.29, 1.82) is 0 Å². The largest absolute Gasteiger partial charge is 0.369 e. The van der Waals surface area contributed by atoms with Crippen LogP contribution in [0.25, 0.3) is 0 Å². The van der Waals surface area contributed by atoms with E-state index in [0.29, 0.717) is 6.54 Å². The van der Waals surface area contributed by atoms with Gasteiger partial charge in [0.15, 0.2) is 0 Å². The Morgan fingerprint density at radius 1 is 0.941 bits per heavy atom. The number of rotatable bonds is 8. The highest BCUT2D eigenvalue weighted by Crippen LogP contribution is 2.22. The summed E-state index contributed by atoms with van der Waals surface area (Å²) in [7, 11) is 2.17. The van der Waals surface area contributed by atoms with Crippen molar-refractivity contribution in [2.45, 2.75) is 13.5 Å². The summed E-state index contributed by atoms with van der Waals surface area (Å²) in [6.45, 7) is 6.71. The smallest absolute Gasteiger partial charge is 0.248 e. The van der Waals surface area contributed by atoms with Crippen LogP contribution in [0.2, 0.25) is 0 Å². The standard InChI is InChI=1S/C26H31N7O/c1-3-4-26(34)31-22-7-5-20(6-8-22)18-27-24-17-25(29-19-28-24)30-21-9-11-23(12-10-21)33-15-13-32(2)14-16-33/h3-12,17,19H,13-16,18H2,1-2H3,(H,31,34)(H2,27,28,29,30)/b4-3+. The molecule has 8 nitrogen and oxygen atoms in total. The molecule has 2 heterocycles. The highest BCUT2D eigenvalue weighted by molar-refractivity contribution is 5.99. The van der Waals surface area contributed by atoms with Crippen molar-refractivity contribution in [2.75, 3.05) is 54.1 Å². The number of aromatic nitrogens is 2. The van der Waals surface area contributed by atoms with Crippen LogP contribution in [0.3, 0.4) is 0 Å². The van der Waals surface area contributed by atoms with Crippen molar-refractivity contribution in [3.63, 3.8) is 0 Å². The third-order valence-electron chi connectivity index (χ3n) is 5.69. The fraction of sp³-hybridized carbons (Fsp3) is 0.269. The van der Waals surface area contributed by atoms with Gasteiger partial charge in [-0.25, -0.2) is 9.97 Å². The van der Waals surface area contributed by atoms with Crippen molar-refractivity contribution in [1.82, 2.24) is 14.9 Å². The first-order valence-corrected chi connectivity index (χ1v) is 11.5. The lowest BCUT2D eigenvalue weighted by Gasteiger charge is -2.34. The van der Waals surface area contributed by atoms with E-state index in [1.807, 2.05) is 37.3 Å². The first-order valence-electron chi connectivity index (χ1n) is 11.5. The SMILES string of the molecule is C/C=C/C(=O)Nc1ccc(CNc2cc(Nc3ccc(N4CCN(C)CC4)cc3)ncn2)cc1. The van der Waals surface area contributed by atoms with E-state index in [1.165, 1.54) is 11.8 Å². The average Bonchev–Trinajstić information content (AvgIpc) is 2.85. The fourth-order valence-corrected chi connectivity index (χ4v) is 3.72. The fourth-order valence-electron chi connectivity index (χ4n) is 3.72. The molecule has 0 saturated carbocycles. The maximum atomic E-state index is 11.6. The minimum atomic E-state index is -0.136. The number of allylic oxidation sites excluding steroid dienone is 1. The van der Waals surface area contributed by atoms with Crippen LogP contribution in [0.1, 0.15) is 12.5 Å². The number of anilines is 5. The number of amides is 1. The molecular formula is C26H31N7O. The normalized spacial score (nSPS) is 14.2. The van der Waals surface area contributed by atoms with Gasteiger partial charge in [-0.3, -0.25) is 4.79 Å². The van der Waals surface area contributed by atoms with Crippen molar-refractivity contribution in [2.24, 2.45) is 0 Å². The molecule has 1 fully saturated rings. The molecule has 2 aromatic carbocycles. The zero-order chi connectivity index (χ0) is 23.8. The predicted molar refractivity (Wildman–Crippen MR) is 139 cm³/mol. The minimum absolute atomic E-state index is 0.136. The highest BCUT2D eigenvalue weighted by Gasteiger charge is 2.14. The van der Waals surface area contributed by atoms with Gasteiger partial charge in [-0.2, -0.15) is 0 Å². The first kappa shape index (κ1) is 23.3. The van der Waals surface area contributed by atoms with E-state index in [4.69, 9.17) is 0 Å². The van der Waals surface area contributed by atoms with Crippen LogP contribution in [-0.2, 0) is 11.3 Å². The van der Waals surface area contributed by atoms with Gasteiger partial charge in [0.2, 0.25) is 5.91 Å². The second-order valence-corrected chi connectivity index (χ2v) is 8.29. The third kappa shape index (κ3) is 6.55. The monoisotopic (exact) mass is 457 g/mol. The average molecular weight is 458 g/mol. The molecule has 0 spiro atoms. The summed E-state index contributed by atoms with van der Waals surface area (Å²) in [5, 5.41) is 9.49. The van der Waals surface area contributed by atoms with Gasteiger partial charge >= 0.3 is 0 Å². The zero-order valence-electron chi connectivity index (χ0n) is 19.7. The summed E-state index contributed by atoms with van der Waals surface area (Å²) < 4.78 is 0. The number of benzene rings is 2. The lowest BCUT2D eigenvalue weighted by Crippen LogP contribution is -2.44. The second-order valence-electron chi connectivity index (χ2n) is 8.29. The van der Waals surface area contributed by atoms with E-state index in [9.17, 15) is 4.79 Å². The van der Waals surface area contributed by atoms with Crippen LogP contribution in [0.5, 0.6) is 0 Å². The maximum absolute atomic E-state index is 11.6. The van der Waals surface area contributed by atoms with Gasteiger partial charge in [0, 0.05) is 55.9 Å². The molecule has 0 bridgehead atoms. The van der Waals surface area contributed by atoms with Gasteiger partial charge in [0.25, 0.3) is 0 Å². The molecule has 1 aliphatic heterocycles. The molecule has 0 atom stereocenters. The highest BCUT2D eigenvalue weighted by atomic mass is 16.1. The number of carbonyl (C=O) groups excluding carboxylic acids is 1. The van der Waals surface area contributed by atoms with Gasteiger partial charge in [0.05, 0.1) is 0 Å². The summed E-state index contributed by atoms with van der Waals surface area (Å²) in [4.78, 5) is 25.1. The Morgan fingerprint density at radius 3 is 2.32 bits per heavy atom. The number of hydrogen-bond donors (Lipinski definition) is 3. The number of nitrogens with one attached hydrogen (secondary N) is 3. The molecule has 1 aliphatic rings. The predicted octanol–water partition coefficient (Wildman–Crippen LogP) is 4.10. The van der Waals surface area contributed by atoms with E-state index in [1.54, 1.807) is 12.4 Å². The van der Waals surface area contributed by atoms with E-state index < -0.39 is 0 Å². The van der Waals surface area contributed by atoms with Crippen LogP contribution in [0, 0.1) is 0 Å². The zero-order valence-corrected chi connectivity index (χ0v) is 19.7. The number of piperazine rings is 1. The van der Waals surface area contributed by atoms with Crippen LogP contribution in [0.4, 0.5) is 28.7 Å².